The molecule has 160 valence electrons. The van der Waals surface area contributed by atoms with Crippen molar-refractivity contribution in [1.29, 1.82) is 0 Å². The minimum absolute atomic E-state index is 0.0440. The summed E-state index contributed by atoms with van der Waals surface area (Å²) < 4.78 is 7.57. The molecule has 2 saturated carbocycles. The molecule has 1 aliphatic heterocycles. The van der Waals surface area contributed by atoms with Gasteiger partial charge in [0.1, 0.15) is 12.3 Å². The van der Waals surface area contributed by atoms with Gasteiger partial charge in [0.05, 0.1) is 22.1 Å². The summed E-state index contributed by atoms with van der Waals surface area (Å²) in [6, 6.07) is 11.7. The summed E-state index contributed by atoms with van der Waals surface area (Å²) in [4.78, 5) is 26.9. The lowest BCUT2D eigenvalue weighted by Crippen LogP contribution is -2.34. The molecule has 2 bridgehead atoms. The van der Waals surface area contributed by atoms with E-state index in [4.69, 9.17) is 4.42 Å². The lowest BCUT2D eigenvalue weighted by molar-refractivity contribution is -0.116. The number of thioether (sulfide) groups is 1. The highest BCUT2D eigenvalue weighted by Gasteiger charge is 2.55. The zero-order valence-corrected chi connectivity index (χ0v) is 18.9. The van der Waals surface area contributed by atoms with Crippen LogP contribution in [0.5, 0.6) is 0 Å². The van der Waals surface area contributed by atoms with E-state index in [0.29, 0.717) is 23.0 Å². The summed E-state index contributed by atoms with van der Waals surface area (Å²) >= 11 is 3.14. The Morgan fingerprint density at radius 2 is 2.03 bits per heavy atom. The van der Waals surface area contributed by atoms with Gasteiger partial charge in [-0.05, 0) is 67.7 Å². The van der Waals surface area contributed by atoms with Crippen LogP contribution in [0, 0.1) is 24.7 Å². The molecule has 3 aromatic rings. The van der Waals surface area contributed by atoms with E-state index in [-0.39, 0.29) is 23.2 Å². The monoisotopic (exact) mass is 452 g/mol. The second-order valence-corrected chi connectivity index (χ2v) is 11.1. The van der Waals surface area contributed by atoms with E-state index in [1.165, 1.54) is 30.6 Å². The molecule has 5 unspecified atom stereocenters. The van der Waals surface area contributed by atoms with E-state index >= 15 is 0 Å². The van der Waals surface area contributed by atoms with Crippen LogP contribution >= 0.6 is 23.1 Å². The first-order chi connectivity index (χ1) is 15.1. The van der Waals surface area contributed by atoms with Gasteiger partial charge in [-0.2, -0.15) is 0 Å². The largest absolute Gasteiger partial charge is 0.469 e. The van der Waals surface area contributed by atoms with Crippen molar-refractivity contribution in [3.8, 4) is 0 Å². The number of nitrogens with zero attached hydrogens (tertiary/aromatic N) is 1. The third kappa shape index (κ3) is 3.12. The lowest BCUT2D eigenvalue weighted by Gasteiger charge is -2.39. The number of carbonyl (C=O) groups excluding carboxylic acids is 1. The van der Waals surface area contributed by atoms with Crippen molar-refractivity contribution in [1.82, 2.24) is 4.57 Å². The Balaban J connectivity index is 1.36. The van der Waals surface area contributed by atoms with Crippen LogP contribution in [-0.2, 0) is 11.3 Å². The third-order valence-electron chi connectivity index (χ3n) is 7.26. The molecule has 1 N–H and O–H groups in total. The zero-order valence-electron chi connectivity index (χ0n) is 17.2. The van der Waals surface area contributed by atoms with Crippen molar-refractivity contribution >= 4 is 34.7 Å². The standard InChI is InChI=1S/C24H24N2O3S2/c1-13-5-2-3-6-16(13)25-18(27)12-26-23-22(31-24(26)28)20(17-7-4-10-29-17)19-14-8-9-15(11-14)21(19)30-23/h2-7,10,14-15,19-21H,8-9,11-12H2,1H3,(H,25,27). The van der Waals surface area contributed by atoms with Gasteiger partial charge in [-0.25, -0.2) is 0 Å². The minimum atomic E-state index is -0.165. The van der Waals surface area contributed by atoms with E-state index in [1.54, 1.807) is 10.8 Å². The number of furan rings is 1. The molecule has 3 heterocycles. The Kier molecular flexibility index (Phi) is 4.65. The van der Waals surface area contributed by atoms with Crippen LogP contribution in [0.15, 0.2) is 56.9 Å². The predicted molar refractivity (Wildman–Crippen MR) is 123 cm³/mol. The number of anilines is 1. The first-order valence-electron chi connectivity index (χ1n) is 10.9. The highest BCUT2D eigenvalue weighted by atomic mass is 32.2. The molecule has 1 amide bonds. The summed E-state index contributed by atoms with van der Waals surface area (Å²) in [5.41, 5.74) is 1.80. The fourth-order valence-electron chi connectivity index (χ4n) is 5.92. The first kappa shape index (κ1) is 19.4. The number of amides is 1. The lowest BCUT2D eigenvalue weighted by atomic mass is 9.77. The van der Waals surface area contributed by atoms with Gasteiger partial charge in [0.2, 0.25) is 5.91 Å². The predicted octanol–water partition coefficient (Wildman–Crippen LogP) is 5.10. The van der Waals surface area contributed by atoms with E-state index in [2.05, 4.69) is 5.32 Å². The topological polar surface area (TPSA) is 64.2 Å². The van der Waals surface area contributed by atoms with Crippen LogP contribution in [-0.4, -0.2) is 15.7 Å². The molecule has 2 aliphatic carbocycles. The number of para-hydroxylation sites is 1. The van der Waals surface area contributed by atoms with Gasteiger partial charge in [0, 0.05) is 10.9 Å². The van der Waals surface area contributed by atoms with Crippen molar-refractivity contribution < 1.29 is 9.21 Å². The van der Waals surface area contributed by atoms with Gasteiger partial charge >= 0.3 is 4.87 Å². The van der Waals surface area contributed by atoms with Gasteiger partial charge < -0.3 is 9.73 Å². The Morgan fingerprint density at radius 1 is 1.19 bits per heavy atom. The fraction of sp³-hybridized carbons (Fsp3) is 0.417. The smallest absolute Gasteiger partial charge is 0.308 e. The minimum Gasteiger partial charge on any atom is -0.469 e. The summed E-state index contributed by atoms with van der Waals surface area (Å²) in [5, 5.41) is 4.45. The second kappa shape index (κ2) is 7.41. The normalized spacial score (nSPS) is 28.4. The summed E-state index contributed by atoms with van der Waals surface area (Å²) in [6.07, 6.45) is 5.58. The number of fused-ring (bicyclic) bond motifs is 6. The summed E-state index contributed by atoms with van der Waals surface area (Å²) in [7, 11) is 0. The molecule has 2 aromatic heterocycles. The van der Waals surface area contributed by atoms with Crippen LogP contribution in [0.25, 0.3) is 0 Å². The van der Waals surface area contributed by atoms with Gasteiger partial charge in [0.25, 0.3) is 0 Å². The second-order valence-electron chi connectivity index (χ2n) is 8.97. The Labute approximate surface area is 188 Å². The highest BCUT2D eigenvalue weighted by Crippen LogP contribution is 2.64. The van der Waals surface area contributed by atoms with E-state index < -0.39 is 0 Å². The number of nitrogens with one attached hydrogen (secondary N) is 1. The SMILES string of the molecule is Cc1ccccc1NC(=O)Cn1c2c(sc1=O)C(c1ccco1)C1C3CCC(C3)C1S2. The van der Waals surface area contributed by atoms with E-state index in [1.807, 2.05) is 55.1 Å². The molecule has 0 spiro atoms. The van der Waals surface area contributed by atoms with Crippen LogP contribution < -0.4 is 10.2 Å². The fourth-order valence-corrected chi connectivity index (χ4v) is 9.05. The summed E-state index contributed by atoms with van der Waals surface area (Å²) in [5.74, 6) is 2.86. The molecule has 5 nitrogen and oxygen atoms in total. The maximum absolute atomic E-state index is 13.0. The molecular weight excluding hydrogens is 428 g/mol. The number of hydrogen-bond donors (Lipinski definition) is 1. The van der Waals surface area contributed by atoms with Gasteiger partial charge in [-0.3, -0.25) is 14.2 Å². The number of thiazole rings is 1. The van der Waals surface area contributed by atoms with Gasteiger partial charge in [-0.1, -0.05) is 29.5 Å². The number of rotatable bonds is 4. The number of carbonyl (C=O) groups is 1. The molecule has 6 rings (SSSR count). The number of hydrogen-bond acceptors (Lipinski definition) is 5. The number of aromatic nitrogens is 1. The molecule has 3 aliphatic rings. The Bertz CT molecular complexity index is 1200. The van der Waals surface area contributed by atoms with Crippen molar-refractivity contribution in [3.05, 3.63) is 68.5 Å². The van der Waals surface area contributed by atoms with Crippen LogP contribution in [0.2, 0.25) is 0 Å². The van der Waals surface area contributed by atoms with Gasteiger partial charge in [-0.15, -0.1) is 11.8 Å². The molecule has 2 fully saturated rings. The first-order valence-corrected chi connectivity index (χ1v) is 12.6. The van der Waals surface area contributed by atoms with Crippen LogP contribution in [0.1, 0.15) is 41.4 Å². The molecule has 1 aromatic carbocycles. The zero-order chi connectivity index (χ0) is 21.1. The molecular formula is C24H24N2O3S2. The van der Waals surface area contributed by atoms with Crippen molar-refractivity contribution in [2.24, 2.45) is 17.8 Å². The quantitative estimate of drug-likeness (QED) is 0.598. The molecule has 0 radical (unpaired) electrons. The maximum atomic E-state index is 13.0. The van der Waals surface area contributed by atoms with Crippen LogP contribution in [0.4, 0.5) is 5.69 Å². The average molecular weight is 453 g/mol. The maximum Gasteiger partial charge on any atom is 0.308 e. The highest BCUT2D eigenvalue weighted by molar-refractivity contribution is 8.00. The Hall–Kier alpha value is -2.25. The van der Waals surface area contributed by atoms with Crippen molar-refractivity contribution in [2.75, 3.05) is 5.32 Å². The Morgan fingerprint density at radius 3 is 2.84 bits per heavy atom. The number of aryl methyl sites for hydroxylation is 1. The van der Waals surface area contributed by atoms with E-state index in [9.17, 15) is 9.59 Å². The molecule has 31 heavy (non-hydrogen) atoms. The van der Waals surface area contributed by atoms with Crippen molar-refractivity contribution in [3.63, 3.8) is 0 Å². The van der Waals surface area contributed by atoms with Gasteiger partial charge in [0.15, 0.2) is 0 Å². The average Bonchev–Trinajstić information content (AvgIpc) is 3.54. The molecule has 7 heteroatoms. The number of benzene rings is 1. The molecule has 5 atom stereocenters. The van der Waals surface area contributed by atoms with Crippen molar-refractivity contribution in [2.45, 2.75) is 48.9 Å². The third-order valence-corrected chi connectivity index (χ3v) is 10.1. The van der Waals surface area contributed by atoms with Crippen LogP contribution in [0.3, 0.4) is 0 Å². The summed E-state index contributed by atoms with van der Waals surface area (Å²) in [6.45, 7) is 2.01. The van der Waals surface area contributed by atoms with E-state index in [0.717, 1.165) is 26.9 Å². The molecule has 0 saturated heterocycles.